The van der Waals surface area contributed by atoms with Gasteiger partial charge in [-0.3, -0.25) is 24.1 Å². The van der Waals surface area contributed by atoms with Gasteiger partial charge in [-0.05, 0) is 30.5 Å². The van der Waals surface area contributed by atoms with Crippen LogP contribution in [0.3, 0.4) is 0 Å². The Morgan fingerprint density at radius 1 is 1.09 bits per heavy atom. The quantitative estimate of drug-likeness (QED) is 0.408. The van der Waals surface area contributed by atoms with Crippen molar-refractivity contribution in [2.75, 3.05) is 18.4 Å². The van der Waals surface area contributed by atoms with Crippen molar-refractivity contribution in [3.05, 3.63) is 64.2 Å². The molecule has 0 radical (unpaired) electrons. The molecule has 2 aliphatic heterocycles. The van der Waals surface area contributed by atoms with Crippen LogP contribution in [-0.2, 0) is 20.9 Å². The third-order valence-corrected chi connectivity index (χ3v) is 6.97. The van der Waals surface area contributed by atoms with Crippen LogP contribution in [-0.4, -0.2) is 55.6 Å². The average molecular weight is 479 g/mol. The van der Waals surface area contributed by atoms with E-state index in [-0.39, 0.29) is 30.2 Å². The minimum atomic E-state index is -1.04. The van der Waals surface area contributed by atoms with E-state index in [1.807, 2.05) is 15.5 Å². The molecule has 2 aliphatic rings. The second kappa shape index (κ2) is 9.03. The summed E-state index contributed by atoms with van der Waals surface area (Å²) in [6.45, 7) is 1.72. The van der Waals surface area contributed by atoms with Crippen LogP contribution in [0.1, 0.15) is 42.5 Å². The number of fused-ring (bicyclic) bond motifs is 5. The first kappa shape index (κ1) is 22.9. The number of nitrogens with zero attached hydrogens (tertiary/aromatic N) is 2. The summed E-state index contributed by atoms with van der Waals surface area (Å²) >= 11 is 0. The van der Waals surface area contributed by atoms with Crippen molar-refractivity contribution in [3.63, 3.8) is 0 Å². The van der Waals surface area contributed by atoms with Gasteiger partial charge in [0, 0.05) is 72.1 Å². The zero-order valence-corrected chi connectivity index (χ0v) is 18.9. The fraction of sp³-hybridized carbons (Fsp3) is 0.360. The van der Waals surface area contributed by atoms with Gasteiger partial charge in [0.25, 0.3) is 5.56 Å². The predicted octanol–water partition coefficient (Wildman–Crippen LogP) is 2.38. The van der Waals surface area contributed by atoms with E-state index in [2.05, 4.69) is 10.3 Å². The van der Waals surface area contributed by atoms with E-state index in [9.17, 15) is 24.3 Å². The Labute approximate surface area is 200 Å². The van der Waals surface area contributed by atoms with Crippen molar-refractivity contribution >= 4 is 34.4 Å². The van der Waals surface area contributed by atoms with E-state index >= 15 is 0 Å². The normalized spacial score (nSPS) is 20.2. The van der Waals surface area contributed by atoms with Crippen LogP contribution in [0.5, 0.6) is 0 Å². The maximum absolute atomic E-state index is 12.5. The molecule has 10 nitrogen and oxygen atoms in total. The number of aliphatic carboxylic acids is 2. The number of benzene rings is 1. The highest BCUT2D eigenvalue weighted by atomic mass is 16.4. The molecule has 4 N–H and O–H groups in total. The number of hydrogen-bond donors (Lipinski definition) is 4. The molecule has 1 saturated heterocycles. The van der Waals surface area contributed by atoms with Crippen molar-refractivity contribution in [1.29, 1.82) is 0 Å². The monoisotopic (exact) mass is 478 g/mol. The summed E-state index contributed by atoms with van der Waals surface area (Å²) in [5.41, 5.74) is 2.77. The SMILES string of the molecule is O=C(O)CCC(=O)Nc1ccc2c([C@@H](C(=O)O)N3C[C@H]4C[C@H](C3)c3cccc(=O)n3C4)c[nH]c2c1. The van der Waals surface area contributed by atoms with Gasteiger partial charge in [-0.25, -0.2) is 0 Å². The molecule has 1 fully saturated rings. The Bertz CT molecular complexity index is 1380. The van der Waals surface area contributed by atoms with Crippen LogP contribution in [0.2, 0.25) is 0 Å². The van der Waals surface area contributed by atoms with Crippen molar-refractivity contribution in [3.8, 4) is 0 Å². The van der Waals surface area contributed by atoms with E-state index in [4.69, 9.17) is 5.11 Å². The minimum absolute atomic E-state index is 0.0112. The van der Waals surface area contributed by atoms with Gasteiger partial charge in [0.15, 0.2) is 0 Å². The lowest BCUT2D eigenvalue weighted by Gasteiger charge is -2.44. The molecular formula is C25H26N4O6. The first-order valence-electron chi connectivity index (χ1n) is 11.6. The number of carboxylic acids is 2. The number of hydrogen-bond acceptors (Lipinski definition) is 5. The molecule has 182 valence electrons. The number of anilines is 1. The van der Waals surface area contributed by atoms with E-state index < -0.39 is 23.9 Å². The number of aromatic amines is 1. The number of aromatic nitrogens is 2. The molecule has 0 unspecified atom stereocenters. The molecular weight excluding hydrogens is 452 g/mol. The number of nitrogens with one attached hydrogen (secondary N) is 2. The summed E-state index contributed by atoms with van der Waals surface area (Å²) in [6, 6.07) is 9.60. The second-order valence-corrected chi connectivity index (χ2v) is 9.34. The number of H-pyrrole nitrogens is 1. The predicted molar refractivity (Wildman–Crippen MR) is 127 cm³/mol. The maximum Gasteiger partial charge on any atom is 0.325 e. The number of carbonyl (C=O) groups excluding carboxylic acids is 1. The summed E-state index contributed by atoms with van der Waals surface area (Å²) in [6.07, 6.45) is 2.25. The fourth-order valence-corrected chi connectivity index (χ4v) is 5.53. The van der Waals surface area contributed by atoms with Gasteiger partial charge in [-0.1, -0.05) is 12.1 Å². The Morgan fingerprint density at radius 3 is 2.69 bits per heavy atom. The van der Waals surface area contributed by atoms with Crippen LogP contribution in [0, 0.1) is 5.92 Å². The molecule has 2 bridgehead atoms. The Hall–Kier alpha value is -3.92. The third kappa shape index (κ3) is 4.44. The van der Waals surface area contributed by atoms with Crippen molar-refractivity contribution < 1.29 is 24.6 Å². The molecule has 35 heavy (non-hydrogen) atoms. The molecule has 3 aromatic rings. The first-order chi connectivity index (χ1) is 16.8. The number of amides is 1. The summed E-state index contributed by atoms with van der Waals surface area (Å²) in [7, 11) is 0. The number of piperidine rings is 1. The number of carbonyl (C=O) groups is 3. The summed E-state index contributed by atoms with van der Waals surface area (Å²) in [4.78, 5) is 52.6. The molecule has 5 rings (SSSR count). The lowest BCUT2D eigenvalue weighted by molar-refractivity contribution is -0.145. The fourth-order valence-electron chi connectivity index (χ4n) is 5.53. The third-order valence-electron chi connectivity index (χ3n) is 6.97. The molecule has 0 saturated carbocycles. The highest BCUT2D eigenvalue weighted by molar-refractivity contribution is 5.96. The van der Waals surface area contributed by atoms with Gasteiger partial charge >= 0.3 is 11.9 Å². The van der Waals surface area contributed by atoms with Gasteiger partial charge < -0.3 is 25.1 Å². The lowest BCUT2D eigenvalue weighted by atomic mass is 9.82. The van der Waals surface area contributed by atoms with E-state index in [0.29, 0.717) is 36.4 Å². The van der Waals surface area contributed by atoms with Crippen LogP contribution in [0.4, 0.5) is 5.69 Å². The van der Waals surface area contributed by atoms with Crippen LogP contribution >= 0.6 is 0 Å². The smallest absolute Gasteiger partial charge is 0.325 e. The Morgan fingerprint density at radius 2 is 1.91 bits per heavy atom. The summed E-state index contributed by atoms with van der Waals surface area (Å²) in [5.74, 6) is -2.10. The summed E-state index contributed by atoms with van der Waals surface area (Å²) in [5, 5.41) is 22.4. The zero-order chi connectivity index (χ0) is 24.7. The van der Waals surface area contributed by atoms with Crippen molar-refractivity contribution in [2.45, 2.75) is 37.8 Å². The highest BCUT2D eigenvalue weighted by Crippen LogP contribution is 2.39. The molecule has 4 heterocycles. The molecule has 1 aromatic carbocycles. The van der Waals surface area contributed by atoms with Gasteiger partial charge in [0.1, 0.15) is 6.04 Å². The van der Waals surface area contributed by atoms with Gasteiger partial charge in [0.05, 0.1) is 6.42 Å². The van der Waals surface area contributed by atoms with Crippen LogP contribution < -0.4 is 10.9 Å². The van der Waals surface area contributed by atoms with E-state index in [1.54, 1.807) is 36.5 Å². The molecule has 3 atom stereocenters. The molecule has 1 amide bonds. The van der Waals surface area contributed by atoms with Gasteiger partial charge in [-0.2, -0.15) is 0 Å². The van der Waals surface area contributed by atoms with Crippen LogP contribution in [0.15, 0.2) is 47.4 Å². The van der Waals surface area contributed by atoms with Crippen molar-refractivity contribution in [1.82, 2.24) is 14.5 Å². The second-order valence-electron chi connectivity index (χ2n) is 9.34. The molecule has 2 aromatic heterocycles. The first-order valence-corrected chi connectivity index (χ1v) is 11.6. The largest absolute Gasteiger partial charge is 0.481 e. The summed E-state index contributed by atoms with van der Waals surface area (Å²) < 4.78 is 1.82. The van der Waals surface area contributed by atoms with E-state index in [1.165, 1.54) is 0 Å². The molecule has 0 spiro atoms. The lowest BCUT2D eigenvalue weighted by Crippen LogP contribution is -2.49. The van der Waals surface area contributed by atoms with Crippen molar-refractivity contribution in [2.24, 2.45) is 5.92 Å². The Kier molecular flexibility index (Phi) is 5.89. The minimum Gasteiger partial charge on any atom is -0.481 e. The Balaban J connectivity index is 1.40. The van der Waals surface area contributed by atoms with Gasteiger partial charge in [-0.15, -0.1) is 0 Å². The maximum atomic E-state index is 12.5. The zero-order valence-electron chi connectivity index (χ0n) is 18.9. The average Bonchev–Trinajstić information content (AvgIpc) is 3.21. The molecule has 0 aliphatic carbocycles. The van der Waals surface area contributed by atoms with Gasteiger partial charge in [0.2, 0.25) is 5.91 Å². The number of pyridine rings is 1. The van der Waals surface area contributed by atoms with E-state index in [0.717, 1.165) is 17.5 Å². The van der Waals surface area contributed by atoms with Crippen LogP contribution in [0.25, 0.3) is 10.9 Å². The molecule has 10 heteroatoms. The number of likely N-dealkylation sites (tertiary alicyclic amines) is 1. The number of rotatable bonds is 7. The topological polar surface area (TPSA) is 145 Å². The standard InChI is InChI=1S/C25H26N4O6/c30-21(6-7-23(32)33)27-16-4-5-17-18(10-26-19(17)9-16)24(25(34)35)28-11-14-8-15(13-28)20-2-1-3-22(31)29(20)12-14/h1-5,9-10,14-15,24,26H,6-8,11-13H2,(H,27,30)(H,32,33)(H,34,35)/t14-,15-,24+/m1/s1. The highest BCUT2D eigenvalue weighted by Gasteiger charge is 2.40. The number of carboxylic acid groups (broad SMARTS) is 2.